The average molecular weight is 260 g/mol. The lowest BCUT2D eigenvalue weighted by molar-refractivity contribution is 0.397. The highest BCUT2D eigenvalue weighted by Gasteiger charge is 2.00. The van der Waals surface area contributed by atoms with Crippen molar-refractivity contribution in [3.05, 3.63) is 59.5 Å². The van der Waals surface area contributed by atoms with Crippen molar-refractivity contribution >= 4 is 0 Å². The van der Waals surface area contributed by atoms with Crippen molar-refractivity contribution in [2.24, 2.45) is 0 Å². The molecule has 100 valence electrons. The fraction of sp³-hybridized carbons (Fsp3) is 0.267. The standard InChI is InChI=1S/C15H17FN2O/c1-19-15-7-6-12(11-18-15)10-17-9-8-13-4-2-3-5-14(13)16/h2-7,11,17H,8-10H2,1H3. The number of hydrogen-bond acceptors (Lipinski definition) is 3. The molecule has 0 atom stereocenters. The lowest BCUT2D eigenvalue weighted by atomic mass is 10.1. The Labute approximate surface area is 112 Å². The second-order valence-electron chi connectivity index (χ2n) is 4.23. The predicted molar refractivity (Wildman–Crippen MR) is 72.6 cm³/mol. The van der Waals surface area contributed by atoms with Crippen LogP contribution in [0.3, 0.4) is 0 Å². The normalized spacial score (nSPS) is 10.4. The molecule has 0 spiro atoms. The van der Waals surface area contributed by atoms with Crippen LogP contribution in [0.5, 0.6) is 5.88 Å². The Morgan fingerprint density at radius 3 is 2.74 bits per heavy atom. The van der Waals surface area contributed by atoms with Gasteiger partial charge in [-0.25, -0.2) is 9.37 Å². The van der Waals surface area contributed by atoms with Gasteiger partial charge in [0.1, 0.15) is 5.82 Å². The third kappa shape index (κ3) is 4.03. The molecule has 0 aliphatic heterocycles. The van der Waals surface area contributed by atoms with Crippen molar-refractivity contribution in [2.75, 3.05) is 13.7 Å². The SMILES string of the molecule is COc1ccc(CNCCc2ccccc2F)cn1. The van der Waals surface area contributed by atoms with Crippen LogP contribution in [0, 0.1) is 5.82 Å². The van der Waals surface area contributed by atoms with E-state index in [4.69, 9.17) is 4.74 Å². The minimum Gasteiger partial charge on any atom is -0.481 e. The van der Waals surface area contributed by atoms with E-state index in [-0.39, 0.29) is 5.82 Å². The Morgan fingerprint density at radius 1 is 1.21 bits per heavy atom. The van der Waals surface area contributed by atoms with E-state index in [9.17, 15) is 4.39 Å². The van der Waals surface area contributed by atoms with Crippen molar-refractivity contribution in [1.29, 1.82) is 0 Å². The van der Waals surface area contributed by atoms with Crippen LogP contribution < -0.4 is 10.1 Å². The quantitative estimate of drug-likeness (QED) is 0.811. The first-order valence-corrected chi connectivity index (χ1v) is 6.22. The van der Waals surface area contributed by atoms with Crippen LogP contribution in [0.15, 0.2) is 42.6 Å². The summed E-state index contributed by atoms with van der Waals surface area (Å²) in [7, 11) is 1.59. The monoisotopic (exact) mass is 260 g/mol. The van der Waals surface area contributed by atoms with E-state index in [1.54, 1.807) is 19.4 Å². The summed E-state index contributed by atoms with van der Waals surface area (Å²) in [5, 5.41) is 3.27. The molecule has 0 amide bonds. The number of aromatic nitrogens is 1. The van der Waals surface area contributed by atoms with Crippen molar-refractivity contribution < 1.29 is 9.13 Å². The Hall–Kier alpha value is -1.94. The van der Waals surface area contributed by atoms with Crippen molar-refractivity contribution in [2.45, 2.75) is 13.0 Å². The molecule has 2 rings (SSSR count). The van der Waals surface area contributed by atoms with E-state index < -0.39 is 0 Å². The summed E-state index contributed by atoms with van der Waals surface area (Å²) in [6, 6.07) is 10.6. The van der Waals surface area contributed by atoms with Crippen LogP contribution in [0.2, 0.25) is 0 Å². The first-order chi connectivity index (χ1) is 9.29. The largest absolute Gasteiger partial charge is 0.481 e. The summed E-state index contributed by atoms with van der Waals surface area (Å²) < 4.78 is 18.4. The van der Waals surface area contributed by atoms with Gasteiger partial charge in [0, 0.05) is 18.8 Å². The smallest absolute Gasteiger partial charge is 0.212 e. The highest BCUT2D eigenvalue weighted by atomic mass is 19.1. The number of ether oxygens (including phenoxy) is 1. The van der Waals surface area contributed by atoms with Crippen LogP contribution in [-0.4, -0.2) is 18.6 Å². The number of hydrogen-bond donors (Lipinski definition) is 1. The van der Waals surface area contributed by atoms with Crippen LogP contribution in [0.4, 0.5) is 4.39 Å². The van der Waals surface area contributed by atoms with Gasteiger partial charge < -0.3 is 10.1 Å². The van der Waals surface area contributed by atoms with Gasteiger partial charge in [-0.2, -0.15) is 0 Å². The summed E-state index contributed by atoms with van der Waals surface area (Å²) in [5.41, 5.74) is 1.82. The van der Waals surface area contributed by atoms with Crippen LogP contribution in [0.1, 0.15) is 11.1 Å². The van der Waals surface area contributed by atoms with E-state index in [2.05, 4.69) is 10.3 Å². The molecular weight excluding hydrogens is 243 g/mol. The number of pyridine rings is 1. The Bertz CT molecular complexity index is 514. The molecule has 19 heavy (non-hydrogen) atoms. The maximum atomic E-state index is 13.4. The third-order valence-electron chi connectivity index (χ3n) is 2.86. The average Bonchev–Trinajstić information content (AvgIpc) is 2.46. The summed E-state index contributed by atoms with van der Waals surface area (Å²) >= 11 is 0. The highest BCUT2D eigenvalue weighted by Crippen LogP contribution is 2.07. The van der Waals surface area contributed by atoms with Gasteiger partial charge in [-0.1, -0.05) is 24.3 Å². The molecule has 0 fully saturated rings. The van der Waals surface area contributed by atoms with Gasteiger partial charge in [0.25, 0.3) is 0 Å². The van der Waals surface area contributed by atoms with E-state index >= 15 is 0 Å². The topological polar surface area (TPSA) is 34.1 Å². The fourth-order valence-corrected chi connectivity index (χ4v) is 1.79. The van der Waals surface area contributed by atoms with Crippen molar-refractivity contribution in [1.82, 2.24) is 10.3 Å². The summed E-state index contributed by atoms with van der Waals surface area (Å²) in [6.07, 6.45) is 2.45. The van der Waals surface area contributed by atoms with Gasteiger partial charge in [-0.3, -0.25) is 0 Å². The number of methoxy groups -OCH3 is 1. The van der Waals surface area contributed by atoms with Crippen molar-refractivity contribution in [3.8, 4) is 5.88 Å². The van der Waals surface area contributed by atoms with Crippen LogP contribution in [-0.2, 0) is 13.0 Å². The second kappa shape index (κ2) is 6.85. The molecule has 1 aromatic heterocycles. The van der Waals surface area contributed by atoms with Gasteiger partial charge in [0.05, 0.1) is 7.11 Å². The number of halogens is 1. The molecule has 1 N–H and O–H groups in total. The number of nitrogens with zero attached hydrogens (tertiary/aromatic N) is 1. The predicted octanol–water partition coefficient (Wildman–Crippen LogP) is 2.56. The minimum absolute atomic E-state index is 0.143. The molecule has 3 nitrogen and oxygen atoms in total. The first-order valence-electron chi connectivity index (χ1n) is 6.22. The Balaban J connectivity index is 1.76. The summed E-state index contributed by atoms with van der Waals surface area (Å²) in [4.78, 5) is 4.13. The van der Waals surface area contributed by atoms with Gasteiger partial charge in [0.2, 0.25) is 5.88 Å². The third-order valence-corrected chi connectivity index (χ3v) is 2.86. The van der Waals surface area contributed by atoms with Gasteiger partial charge in [-0.15, -0.1) is 0 Å². The van der Waals surface area contributed by atoms with Crippen LogP contribution >= 0.6 is 0 Å². The molecular formula is C15H17FN2O. The van der Waals surface area contributed by atoms with E-state index in [1.807, 2.05) is 24.3 Å². The second-order valence-corrected chi connectivity index (χ2v) is 4.23. The fourth-order valence-electron chi connectivity index (χ4n) is 1.79. The molecule has 4 heteroatoms. The molecule has 0 saturated heterocycles. The maximum absolute atomic E-state index is 13.4. The van der Waals surface area contributed by atoms with Gasteiger partial charge >= 0.3 is 0 Å². The molecule has 1 aromatic carbocycles. The molecule has 0 aliphatic rings. The maximum Gasteiger partial charge on any atom is 0.212 e. The minimum atomic E-state index is -0.143. The van der Waals surface area contributed by atoms with Gasteiger partial charge in [-0.05, 0) is 30.2 Å². The summed E-state index contributed by atoms with van der Waals surface area (Å²) in [6.45, 7) is 1.44. The molecule has 0 aliphatic carbocycles. The van der Waals surface area contributed by atoms with Crippen molar-refractivity contribution in [3.63, 3.8) is 0 Å². The Morgan fingerprint density at radius 2 is 2.05 bits per heavy atom. The highest BCUT2D eigenvalue weighted by molar-refractivity contribution is 5.18. The Kier molecular flexibility index (Phi) is 4.86. The zero-order valence-corrected chi connectivity index (χ0v) is 10.9. The molecule has 0 bridgehead atoms. The lowest BCUT2D eigenvalue weighted by Crippen LogP contribution is -2.17. The number of rotatable bonds is 6. The molecule has 2 aromatic rings. The molecule has 1 heterocycles. The van der Waals surface area contributed by atoms with E-state index in [0.29, 0.717) is 18.8 Å². The van der Waals surface area contributed by atoms with E-state index in [0.717, 1.165) is 17.7 Å². The first kappa shape index (κ1) is 13.5. The summed E-state index contributed by atoms with van der Waals surface area (Å²) in [5.74, 6) is 0.463. The molecule has 0 saturated carbocycles. The van der Waals surface area contributed by atoms with Crippen LogP contribution in [0.25, 0.3) is 0 Å². The lowest BCUT2D eigenvalue weighted by Gasteiger charge is -2.06. The zero-order chi connectivity index (χ0) is 13.5. The number of benzene rings is 1. The van der Waals surface area contributed by atoms with Gasteiger partial charge in [0.15, 0.2) is 0 Å². The van der Waals surface area contributed by atoms with E-state index in [1.165, 1.54) is 6.07 Å². The number of nitrogens with one attached hydrogen (secondary N) is 1. The molecule has 0 unspecified atom stereocenters. The molecule has 0 radical (unpaired) electrons. The zero-order valence-electron chi connectivity index (χ0n) is 10.9.